The fourth-order valence-electron chi connectivity index (χ4n) is 2.25. The van der Waals surface area contributed by atoms with Crippen molar-refractivity contribution in [3.05, 3.63) is 57.6 Å². The molecule has 0 aromatic heterocycles. The first kappa shape index (κ1) is 18.3. The van der Waals surface area contributed by atoms with Gasteiger partial charge in [0.25, 0.3) is 0 Å². The van der Waals surface area contributed by atoms with Gasteiger partial charge in [-0.05, 0) is 71.1 Å². The van der Waals surface area contributed by atoms with Crippen LogP contribution in [-0.4, -0.2) is 24.3 Å². The number of ether oxygens (including phenoxy) is 2. The summed E-state index contributed by atoms with van der Waals surface area (Å²) < 4.78 is 12.3. The van der Waals surface area contributed by atoms with Gasteiger partial charge < -0.3 is 14.6 Å². The molecule has 2 aromatic rings. The van der Waals surface area contributed by atoms with Crippen molar-refractivity contribution in [1.82, 2.24) is 0 Å². The molecule has 0 aliphatic rings. The smallest absolute Gasteiger partial charge is 0.303 e. The van der Waals surface area contributed by atoms with Gasteiger partial charge in [0.1, 0.15) is 24.7 Å². The highest BCUT2D eigenvalue weighted by Crippen LogP contribution is 2.27. The number of halogens is 1. The number of carboxylic acid groups (broad SMARTS) is 1. The summed E-state index contributed by atoms with van der Waals surface area (Å²) in [5, 5.41) is 8.72. The lowest BCUT2D eigenvalue weighted by molar-refractivity contribution is -0.136. The summed E-state index contributed by atoms with van der Waals surface area (Å²) in [6.45, 7) is 4.98. The number of rotatable bonds is 8. The summed E-state index contributed by atoms with van der Waals surface area (Å²) in [5.74, 6) is 0.801. The van der Waals surface area contributed by atoms with Crippen molar-refractivity contribution < 1.29 is 19.4 Å². The van der Waals surface area contributed by atoms with Crippen LogP contribution in [0.2, 0.25) is 0 Å². The van der Waals surface area contributed by atoms with Crippen LogP contribution in [0.15, 0.2) is 40.9 Å². The van der Waals surface area contributed by atoms with Crippen molar-refractivity contribution in [2.75, 3.05) is 13.2 Å². The SMILES string of the molecule is Cc1cccc(OCCOc2ccc(CCC(=O)O)cc2Br)c1C. The van der Waals surface area contributed by atoms with Crippen molar-refractivity contribution in [3.8, 4) is 11.5 Å². The molecule has 0 fully saturated rings. The largest absolute Gasteiger partial charge is 0.490 e. The normalized spacial score (nSPS) is 10.5. The molecule has 0 spiro atoms. The first-order valence-electron chi connectivity index (χ1n) is 7.79. The van der Waals surface area contributed by atoms with E-state index in [2.05, 4.69) is 28.9 Å². The predicted molar refractivity (Wildman–Crippen MR) is 97.0 cm³/mol. The summed E-state index contributed by atoms with van der Waals surface area (Å²) >= 11 is 3.46. The van der Waals surface area contributed by atoms with Gasteiger partial charge in [-0.3, -0.25) is 4.79 Å². The summed E-state index contributed by atoms with van der Waals surface area (Å²) in [5.41, 5.74) is 3.30. The minimum Gasteiger partial charge on any atom is -0.490 e. The third kappa shape index (κ3) is 5.27. The van der Waals surface area contributed by atoms with Gasteiger partial charge in [0.15, 0.2) is 0 Å². The third-order valence-electron chi connectivity index (χ3n) is 3.78. The second kappa shape index (κ2) is 8.73. The number of aliphatic carboxylic acids is 1. The number of carboxylic acids is 1. The molecule has 0 aliphatic carbocycles. The molecule has 4 nitrogen and oxygen atoms in total. The molecule has 0 bridgehead atoms. The zero-order chi connectivity index (χ0) is 17.5. The Morgan fingerprint density at radius 2 is 1.79 bits per heavy atom. The predicted octanol–water partition coefficient (Wildman–Crippen LogP) is 4.54. The fourth-order valence-corrected chi connectivity index (χ4v) is 2.79. The highest BCUT2D eigenvalue weighted by Gasteiger charge is 2.06. The molecule has 0 atom stereocenters. The minimum atomic E-state index is -0.796. The molecular weight excluding hydrogens is 372 g/mol. The zero-order valence-corrected chi connectivity index (χ0v) is 15.4. The molecule has 24 heavy (non-hydrogen) atoms. The molecule has 0 radical (unpaired) electrons. The minimum absolute atomic E-state index is 0.121. The number of aryl methyl sites for hydroxylation is 2. The van der Waals surface area contributed by atoms with Gasteiger partial charge in [-0.25, -0.2) is 0 Å². The average Bonchev–Trinajstić information content (AvgIpc) is 2.54. The third-order valence-corrected chi connectivity index (χ3v) is 4.40. The van der Waals surface area contributed by atoms with Crippen LogP contribution in [0.25, 0.3) is 0 Å². The van der Waals surface area contributed by atoms with Crippen LogP contribution in [-0.2, 0) is 11.2 Å². The van der Waals surface area contributed by atoms with E-state index in [-0.39, 0.29) is 6.42 Å². The summed E-state index contributed by atoms with van der Waals surface area (Å²) in [6.07, 6.45) is 0.625. The highest BCUT2D eigenvalue weighted by atomic mass is 79.9. The Balaban J connectivity index is 1.84. The Kier molecular flexibility index (Phi) is 6.67. The Hall–Kier alpha value is -2.01. The molecule has 0 saturated heterocycles. The molecule has 128 valence electrons. The van der Waals surface area contributed by atoms with Gasteiger partial charge in [-0.1, -0.05) is 18.2 Å². The Morgan fingerprint density at radius 1 is 1.08 bits per heavy atom. The maximum Gasteiger partial charge on any atom is 0.303 e. The molecular formula is C19H21BrO4. The maximum atomic E-state index is 10.6. The van der Waals surface area contributed by atoms with Crippen LogP contribution in [0.4, 0.5) is 0 Å². The lowest BCUT2D eigenvalue weighted by Gasteiger charge is -2.13. The maximum absolute atomic E-state index is 10.6. The van der Waals surface area contributed by atoms with Gasteiger partial charge in [0, 0.05) is 6.42 Å². The number of carbonyl (C=O) groups is 1. The summed E-state index contributed by atoms with van der Waals surface area (Å²) in [7, 11) is 0. The van der Waals surface area contributed by atoms with E-state index < -0.39 is 5.97 Å². The van der Waals surface area contributed by atoms with Crippen LogP contribution in [0.5, 0.6) is 11.5 Å². The first-order chi connectivity index (χ1) is 11.5. The van der Waals surface area contributed by atoms with Crippen LogP contribution < -0.4 is 9.47 Å². The van der Waals surface area contributed by atoms with Crippen LogP contribution in [0.1, 0.15) is 23.1 Å². The summed E-state index contributed by atoms with van der Waals surface area (Å²) in [6, 6.07) is 11.6. The lowest BCUT2D eigenvalue weighted by Crippen LogP contribution is -2.10. The molecule has 0 heterocycles. The number of hydrogen-bond acceptors (Lipinski definition) is 3. The number of benzene rings is 2. The van der Waals surface area contributed by atoms with E-state index in [1.807, 2.05) is 37.3 Å². The molecule has 0 amide bonds. The van der Waals surface area contributed by atoms with Crippen LogP contribution in [0, 0.1) is 13.8 Å². The molecule has 1 N–H and O–H groups in total. The van der Waals surface area contributed by atoms with Gasteiger partial charge in [0.05, 0.1) is 4.47 Å². The van der Waals surface area contributed by atoms with Crippen molar-refractivity contribution in [2.24, 2.45) is 0 Å². The fraction of sp³-hybridized carbons (Fsp3) is 0.316. The number of hydrogen-bond donors (Lipinski definition) is 1. The van der Waals surface area contributed by atoms with Gasteiger partial charge in [-0.15, -0.1) is 0 Å². The molecule has 0 saturated carbocycles. The van der Waals surface area contributed by atoms with Gasteiger partial charge in [0.2, 0.25) is 0 Å². The first-order valence-corrected chi connectivity index (χ1v) is 8.58. The standard InChI is InChI=1S/C19H21BrO4/c1-13-4-3-5-17(14(13)2)23-10-11-24-18-8-6-15(12-16(18)20)7-9-19(21)22/h3-6,8,12H,7,9-11H2,1-2H3,(H,21,22). The van der Waals surface area contributed by atoms with Crippen molar-refractivity contribution in [2.45, 2.75) is 26.7 Å². The molecule has 2 aromatic carbocycles. The van der Waals surface area contributed by atoms with E-state index >= 15 is 0 Å². The quantitative estimate of drug-likeness (QED) is 0.669. The van der Waals surface area contributed by atoms with E-state index in [9.17, 15) is 4.79 Å². The van der Waals surface area contributed by atoms with E-state index in [0.29, 0.717) is 19.6 Å². The summed E-state index contributed by atoms with van der Waals surface area (Å²) in [4.78, 5) is 10.6. The molecule has 0 unspecified atom stereocenters. The molecule has 0 aliphatic heterocycles. The Bertz CT molecular complexity index is 713. The van der Waals surface area contributed by atoms with Crippen molar-refractivity contribution in [3.63, 3.8) is 0 Å². The van der Waals surface area contributed by atoms with Crippen LogP contribution in [0.3, 0.4) is 0 Å². The highest BCUT2D eigenvalue weighted by molar-refractivity contribution is 9.10. The van der Waals surface area contributed by atoms with E-state index in [1.165, 1.54) is 5.56 Å². The Morgan fingerprint density at radius 3 is 2.46 bits per heavy atom. The second-order valence-corrected chi connectivity index (χ2v) is 6.41. The van der Waals surface area contributed by atoms with Crippen LogP contribution >= 0.6 is 15.9 Å². The average molecular weight is 393 g/mol. The molecule has 2 rings (SSSR count). The van der Waals surface area contributed by atoms with E-state index in [1.54, 1.807) is 0 Å². The van der Waals surface area contributed by atoms with Crippen molar-refractivity contribution in [1.29, 1.82) is 0 Å². The molecule has 5 heteroatoms. The Labute approximate surface area is 150 Å². The lowest BCUT2D eigenvalue weighted by atomic mass is 10.1. The van der Waals surface area contributed by atoms with Crippen molar-refractivity contribution >= 4 is 21.9 Å². The van der Waals surface area contributed by atoms with Gasteiger partial charge >= 0.3 is 5.97 Å². The topological polar surface area (TPSA) is 55.8 Å². The monoisotopic (exact) mass is 392 g/mol. The second-order valence-electron chi connectivity index (χ2n) is 5.55. The zero-order valence-electron chi connectivity index (χ0n) is 13.8. The van der Waals surface area contributed by atoms with E-state index in [0.717, 1.165) is 27.1 Å². The van der Waals surface area contributed by atoms with E-state index in [4.69, 9.17) is 14.6 Å². The van der Waals surface area contributed by atoms with Gasteiger partial charge in [-0.2, -0.15) is 0 Å².